The van der Waals surface area contributed by atoms with Crippen LogP contribution in [0.25, 0.3) is 21.0 Å². The third kappa shape index (κ3) is 0.930. The van der Waals surface area contributed by atoms with Crippen molar-refractivity contribution in [3.8, 4) is 0 Å². The van der Waals surface area contributed by atoms with E-state index in [4.69, 9.17) is 0 Å². The van der Waals surface area contributed by atoms with E-state index in [1.54, 1.807) is 11.3 Å². The summed E-state index contributed by atoms with van der Waals surface area (Å²) in [6, 6.07) is 9.63. The number of aromatic nitrogens is 1. The number of H-pyrrole nitrogens is 1. The first-order chi connectivity index (χ1) is 6.86. The van der Waals surface area contributed by atoms with Gasteiger partial charge < -0.3 is 4.98 Å². The van der Waals surface area contributed by atoms with Gasteiger partial charge >= 0.3 is 0 Å². The summed E-state index contributed by atoms with van der Waals surface area (Å²) in [7, 11) is 0. The van der Waals surface area contributed by atoms with Gasteiger partial charge in [0.1, 0.15) is 0 Å². The molecule has 0 fully saturated rings. The molecule has 0 saturated carbocycles. The first-order valence-electron chi connectivity index (χ1n) is 4.34. The Kier molecular flexibility index (Phi) is 1.49. The predicted molar refractivity (Wildman–Crippen MR) is 60.0 cm³/mol. The summed E-state index contributed by atoms with van der Waals surface area (Å²) in [4.78, 5) is 14.5. The van der Waals surface area contributed by atoms with E-state index in [9.17, 15) is 4.79 Å². The number of fused-ring (bicyclic) bond motifs is 3. The molecule has 1 N–H and O–H groups in total. The van der Waals surface area contributed by atoms with Gasteiger partial charge in [0.15, 0.2) is 0 Å². The zero-order chi connectivity index (χ0) is 9.54. The molecule has 0 amide bonds. The quantitative estimate of drug-likeness (QED) is 0.596. The highest BCUT2D eigenvalue weighted by Gasteiger charge is 2.04. The lowest BCUT2D eigenvalue weighted by atomic mass is 10.1. The van der Waals surface area contributed by atoms with Crippen LogP contribution < -0.4 is 5.56 Å². The Bertz CT molecular complexity index is 665. The Morgan fingerprint density at radius 3 is 2.71 bits per heavy atom. The summed E-state index contributed by atoms with van der Waals surface area (Å²) < 4.78 is 1.15. The monoisotopic (exact) mass is 201 g/mol. The second-order valence-electron chi connectivity index (χ2n) is 3.16. The minimum atomic E-state index is -0.00787. The number of rotatable bonds is 0. The van der Waals surface area contributed by atoms with Gasteiger partial charge in [-0.1, -0.05) is 18.2 Å². The zero-order valence-electron chi connectivity index (χ0n) is 7.28. The van der Waals surface area contributed by atoms with Crippen molar-refractivity contribution in [2.75, 3.05) is 0 Å². The molecule has 2 aromatic heterocycles. The molecule has 3 heteroatoms. The van der Waals surface area contributed by atoms with E-state index < -0.39 is 0 Å². The van der Waals surface area contributed by atoms with Crippen LogP contribution in [0.3, 0.4) is 0 Å². The fraction of sp³-hybridized carbons (Fsp3) is 0. The number of hydrogen-bond acceptors (Lipinski definition) is 2. The van der Waals surface area contributed by atoms with Crippen LogP contribution in [0.15, 0.2) is 40.5 Å². The lowest BCUT2D eigenvalue weighted by Crippen LogP contribution is -2.04. The van der Waals surface area contributed by atoms with E-state index in [0.717, 1.165) is 21.0 Å². The van der Waals surface area contributed by atoms with Gasteiger partial charge in [-0.05, 0) is 17.5 Å². The number of nitrogens with one attached hydrogen (secondary N) is 1. The predicted octanol–water partition coefficient (Wildman–Crippen LogP) is 2.74. The summed E-state index contributed by atoms with van der Waals surface area (Å²) in [5.41, 5.74) is 0.921. The maximum atomic E-state index is 11.6. The lowest BCUT2D eigenvalue weighted by molar-refractivity contribution is 1.35. The Hall–Kier alpha value is -1.61. The molecular weight excluding hydrogens is 194 g/mol. The Labute approximate surface area is 83.8 Å². The highest BCUT2D eigenvalue weighted by Crippen LogP contribution is 2.25. The summed E-state index contributed by atoms with van der Waals surface area (Å²) >= 11 is 1.66. The number of thiophene rings is 1. The molecule has 2 heterocycles. The summed E-state index contributed by atoms with van der Waals surface area (Å²) in [6.07, 6.45) is 0. The maximum Gasteiger partial charge on any atom is 0.256 e. The van der Waals surface area contributed by atoms with Crippen molar-refractivity contribution in [1.29, 1.82) is 0 Å². The Balaban J connectivity index is 2.74. The topological polar surface area (TPSA) is 32.9 Å². The van der Waals surface area contributed by atoms with Crippen LogP contribution in [-0.2, 0) is 0 Å². The van der Waals surface area contributed by atoms with Crippen molar-refractivity contribution in [1.82, 2.24) is 4.98 Å². The number of benzene rings is 1. The van der Waals surface area contributed by atoms with Crippen LogP contribution in [0, 0.1) is 0 Å². The average molecular weight is 201 g/mol. The van der Waals surface area contributed by atoms with E-state index in [0.29, 0.717) is 0 Å². The van der Waals surface area contributed by atoms with Gasteiger partial charge in [-0.3, -0.25) is 4.79 Å². The lowest BCUT2D eigenvalue weighted by Gasteiger charge is -1.97. The first kappa shape index (κ1) is 7.76. The molecule has 2 nitrogen and oxygen atoms in total. The van der Waals surface area contributed by atoms with Gasteiger partial charge in [0, 0.05) is 10.8 Å². The Morgan fingerprint density at radius 2 is 1.86 bits per heavy atom. The maximum absolute atomic E-state index is 11.6. The van der Waals surface area contributed by atoms with E-state index in [-0.39, 0.29) is 5.56 Å². The van der Waals surface area contributed by atoms with Crippen molar-refractivity contribution in [3.63, 3.8) is 0 Å². The minimum Gasteiger partial charge on any atom is -0.321 e. The smallest absolute Gasteiger partial charge is 0.256 e. The summed E-state index contributed by atoms with van der Waals surface area (Å²) in [5.74, 6) is 0. The summed E-state index contributed by atoms with van der Waals surface area (Å²) in [6.45, 7) is 0. The highest BCUT2D eigenvalue weighted by atomic mass is 32.1. The molecule has 3 rings (SSSR count). The molecule has 0 aliphatic carbocycles. The van der Waals surface area contributed by atoms with Crippen LogP contribution in [-0.4, -0.2) is 4.98 Å². The minimum absolute atomic E-state index is 0.00787. The van der Waals surface area contributed by atoms with Crippen molar-refractivity contribution >= 4 is 32.3 Å². The van der Waals surface area contributed by atoms with Gasteiger partial charge in [-0.25, -0.2) is 0 Å². The molecule has 68 valence electrons. The molecule has 0 unspecified atom stereocenters. The number of hydrogen-bond donors (Lipinski definition) is 1. The fourth-order valence-corrected chi connectivity index (χ4v) is 2.58. The van der Waals surface area contributed by atoms with Gasteiger partial charge in [0.05, 0.1) is 10.2 Å². The SMILES string of the molecule is O=c1[nH]c2ccsc2c2ccccc12. The van der Waals surface area contributed by atoms with Crippen LogP contribution in [0.2, 0.25) is 0 Å². The number of pyridine rings is 1. The Morgan fingerprint density at radius 1 is 1.07 bits per heavy atom. The van der Waals surface area contributed by atoms with Crippen molar-refractivity contribution in [2.24, 2.45) is 0 Å². The molecule has 0 aliphatic rings. The molecule has 0 atom stereocenters. The molecule has 14 heavy (non-hydrogen) atoms. The second-order valence-corrected chi connectivity index (χ2v) is 4.08. The third-order valence-corrected chi connectivity index (χ3v) is 3.28. The average Bonchev–Trinajstić information content (AvgIpc) is 2.66. The van der Waals surface area contributed by atoms with E-state index >= 15 is 0 Å². The molecule has 0 aliphatic heterocycles. The second kappa shape index (κ2) is 2.69. The zero-order valence-corrected chi connectivity index (χ0v) is 8.10. The molecule has 3 aromatic rings. The third-order valence-electron chi connectivity index (χ3n) is 2.33. The molecule has 1 aromatic carbocycles. The highest BCUT2D eigenvalue weighted by molar-refractivity contribution is 7.18. The molecule has 0 radical (unpaired) electrons. The van der Waals surface area contributed by atoms with Crippen molar-refractivity contribution in [3.05, 3.63) is 46.1 Å². The molecule has 0 bridgehead atoms. The molecule has 0 spiro atoms. The fourth-order valence-electron chi connectivity index (χ4n) is 1.69. The van der Waals surface area contributed by atoms with E-state index in [1.807, 2.05) is 35.7 Å². The molecular formula is C11H7NOS. The van der Waals surface area contributed by atoms with Gasteiger partial charge in [-0.2, -0.15) is 0 Å². The standard InChI is InChI=1S/C11H7NOS/c13-11-8-4-2-1-3-7(8)10-9(12-11)5-6-14-10/h1-6H,(H,12,13). The van der Waals surface area contributed by atoms with Gasteiger partial charge in [0.2, 0.25) is 0 Å². The van der Waals surface area contributed by atoms with Crippen LogP contribution in [0.5, 0.6) is 0 Å². The van der Waals surface area contributed by atoms with Crippen LogP contribution in [0.4, 0.5) is 0 Å². The first-order valence-corrected chi connectivity index (χ1v) is 5.22. The number of aromatic amines is 1. The summed E-state index contributed by atoms with van der Waals surface area (Å²) in [5, 5.41) is 3.80. The molecule has 0 saturated heterocycles. The van der Waals surface area contributed by atoms with Gasteiger partial charge in [-0.15, -0.1) is 11.3 Å². The van der Waals surface area contributed by atoms with Crippen LogP contribution in [0.1, 0.15) is 0 Å². The van der Waals surface area contributed by atoms with E-state index in [1.165, 1.54) is 0 Å². The normalized spacial score (nSPS) is 11.1. The van der Waals surface area contributed by atoms with Crippen molar-refractivity contribution in [2.45, 2.75) is 0 Å². The van der Waals surface area contributed by atoms with Crippen LogP contribution >= 0.6 is 11.3 Å². The largest absolute Gasteiger partial charge is 0.321 e. The van der Waals surface area contributed by atoms with Gasteiger partial charge in [0.25, 0.3) is 5.56 Å². The van der Waals surface area contributed by atoms with Crippen molar-refractivity contribution < 1.29 is 0 Å². The van der Waals surface area contributed by atoms with E-state index in [2.05, 4.69) is 4.98 Å².